The van der Waals surface area contributed by atoms with Crippen LogP contribution in [0.1, 0.15) is 37.4 Å². The first-order valence-electron chi connectivity index (χ1n) is 18.1. The Hall–Kier alpha value is -5.53. The molecule has 2 unspecified atom stereocenters. The predicted molar refractivity (Wildman–Crippen MR) is 188 cm³/mol. The van der Waals surface area contributed by atoms with Crippen LogP contribution in [0.3, 0.4) is 0 Å². The standard InChI is InChI=1S/C39H32F5NO16/c40-24-23(25(41)27(43)28(44)26(24)42)35(54)45-12-1-4-16-15(7-12)36(55)61-39(16)17-5-2-13(56-37-33(52)31(50)29(48)21(10-46)59-37)8-19(17)58-20-9-14(3-6-18(20)39)57-38-34(53)32(51)30(49)22(11-47)60-38/h1-9,21-22,29-34,37-38,46-53H,10-11H2,(H,45,54)/t21-,22-,29-,30-,31+,32+,33-,34-,37?,38?,39?/m1/s1. The fourth-order valence-electron chi connectivity index (χ4n) is 7.51. The van der Waals surface area contributed by atoms with Crippen molar-refractivity contribution in [2.75, 3.05) is 18.5 Å². The second-order valence-corrected chi connectivity index (χ2v) is 14.3. The summed E-state index contributed by atoms with van der Waals surface area (Å²) >= 11 is 0. The number of hydrogen-bond donors (Lipinski definition) is 9. The van der Waals surface area contributed by atoms with Gasteiger partial charge in [0, 0.05) is 34.5 Å². The van der Waals surface area contributed by atoms with Gasteiger partial charge >= 0.3 is 5.97 Å². The summed E-state index contributed by atoms with van der Waals surface area (Å²) in [6, 6.07) is 11.4. The molecule has 4 aliphatic heterocycles. The minimum absolute atomic E-state index is 0.0720. The van der Waals surface area contributed by atoms with Crippen molar-refractivity contribution >= 4 is 17.6 Å². The zero-order valence-corrected chi connectivity index (χ0v) is 30.6. The van der Waals surface area contributed by atoms with Crippen LogP contribution in [0.25, 0.3) is 0 Å². The molecule has 0 aromatic heterocycles. The molecule has 0 aliphatic carbocycles. The van der Waals surface area contributed by atoms with Crippen molar-refractivity contribution in [3.05, 3.63) is 112 Å². The van der Waals surface area contributed by atoms with Crippen molar-refractivity contribution < 1.29 is 101 Å². The van der Waals surface area contributed by atoms with E-state index in [4.69, 9.17) is 28.4 Å². The van der Waals surface area contributed by atoms with Gasteiger partial charge in [0.25, 0.3) is 5.91 Å². The van der Waals surface area contributed by atoms with Crippen molar-refractivity contribution in [3.8, 4) is 23.0 Å². The monoisotopic (exact) mass is 865 g/mol. The van der Waals surface area contributed by atoms with Gasteiger partial charge in [-0.3, -0.25) is 4.79 Å². The maximum absolute atomic E-state index is 14.5. The lowest BCUT2D eigenvalue weighted by atomic mass is 9.77. The molecule has 2 fully saturated rings. The number of fused-ring (bicyclic) bond motifs is 6. The second kappa shape index (κ2) is 15.7. The van der Waals surface area contributed by atoms with Crippen molar-refractivity contribution in [3.63, 3.8) is 0 Å². The molecule has 2 saturated heterocycles. The van der Waals surface area contributed by atoms with E-state index in [1.54, 1.807) is 0 Å². The largest absolute Gasteiger partial charge is 0.462 e. The molecule has 8 rings (SSSR count). The zero-order valence-electron chi connectivity index (χ0n) is 30.6. The highest BCUT2D eigenvalue weighted by Gasteiger charge is 2.54. The Balaban J connectivity index is 1.18. The highest BCUT2D eigenvalue weighted by Crippen LogP contribution is 2.57. The topological polar surface area (TPSA) is 263 Å². The number of ether oxygens (including phenoxy) is 6. The number of carbonyl (C=O) groups excluding carboxylic acids is 2. The first-order valence-corrected chi connectivity index (χ1v) is 18.1. The molecule has 61 heavy (non-hydrogen) atoms. The summed E-state index contributed by atoms with van der Waals surface area (Å²) in [6.45, 7) is -1.50. The first-order chi connectivity index (χ1) is 29.0. The Bertz CT molecular complexity index is 2300. The third-order valence-corrected chi connectivity index (χ3v) is 10.6. The number of carbonyl (C=O) groups is 2. The van der Waals surface area contributed by atoms with E-state index in [9.17, 15) is 72.4 Å². The molecule has 1 amide bonds. The maximum atomic E-state index is 14.5. The lowest BCUT2D eigenvalue weighted by Gasteiger charge is -2.40. The third kappa shape index (κ3) is 6.80. The summed E-state index contributed by atoms with van der Waals surface area (Å²) in [7, 11) is 0. The number of anilines is 1. The molecule has 0 bridgehead atoms. The molecule has 4 aromatic carbocycles. The van der Waals surface area contributed by atoms with Crippen LogP contribution in [-0.2, 0) is 19.8 Å². The van der Waals surface area contributed by atoms with Crippen LogP contribution in [0.15, 0.2) is 54.6 Å². The highest BCUT2D eigenvalue weighted by atomic mass is 19.2. The Morgan fingerprint density at radius 3 is 1.56 bits per heavy atom. The molecular weight excluding hydrogens is 833 g/mol. The SMILES string of the molecule is O=C1OC2(c3ccc(OC4O[C@H](CO)[C@@H](O)[C@H](O)[C@H]4O)cc3Oc3cc(OC4O[C@H](CO)[C@@H](O)[C@H](O)[C@H]4O)ccc32)c2ccc(NC(=O)c3c(F)c(F)c(F)c(F)c3F)cc21. The first kappa shape index (κ1) is 42.2. The molecule has 0 radical (unpaired) electrons. The molecule has 324 valence electrons. The van der Waals surface area contributed by atoms with E-state index in [2.05, 4.69) is 0 Å². The van der Waals surface area contributed by atoms with Crippen LogP contribution in [0.5, 0.6) is 23.0 Å². The molecule has 0 saturated carbocycles. The normalized spacial score (nSPS) is 30.1. The van der Waals surface area contributed by atoms with Crippen LogP contribution in [0.4, 0.5) is 27.6 Å². The maximum Gasteiger partial charge on any atom is 0.340 e. The number of nitrogens with one attached hydrogen (secondary N) is 1. The molecular formula is C39H32F5NO16. The van der Waals surface area contributed by atoms with Crippen LogP contribution in [0.2, 0.25) is 0 Å². The average Bonchev–Trinajstić information content (AvgIpc) is 3.53. The van der Waals surface area contributed by atoms with E-state index >= 15 is 0 Å². The van der Waals surface area contributed by atoms with Gasteiger partial charge in [0.05, 0.1) is 18.8 Å². The number of hydrogen-bond acceptors (Lipinski definition) is 16. The van der Waals surface area contributed by atoms with Crippen molar-refractivity contribution in [1.82, 2.24) is 0 Å². The van der Waals surface area contributed by atoms with Gasteiger partial charge in [-0.15, -0.1) is 0 Å². The molecule has 22 heteroatoms. The Morgan fingerprint density at radius 1 is 0.623 bits per heavy atom. The molecule has 1 spiro atoms. The summed E-state index contributed by atoms with van der Waals surface area (Å²) in [6.07, 6.45) is -16.5. The fourth-order valence-corrected chi connectivity index (χ4v) is 7.51. The molecule has 4 aromatic rings. The van der Waals surface area contributed by atoms with Crippen molar-refractivity contribution in [1.29, 1.82) is 0 Å². The Labute approximate surface area is 338 Å². The number of amides is 1. The van der Waals surface area contributed by atoms with Crippen molar-refractivity contribution in [2.24, 2.45) is 0 Å². The van der Waals surface area contributed by atoms with E-state index in [1.807, 2.05) is 5.32 Å². The van der Waals surface area contributed by atoms with E-state index in [-0.39, 0.29) is 50.9 Å². The summed E-state index contributed by atoms with van der Waals surface area (Å²) in [5.41, 5.74) is -3.99. The smallest absolute Gasteiger partial charge is 0.340 e. The summed E-state index contributed by atoms with van der Waals surface area (Å²) in [5, 5.41) is 83.4. The Morgan fingerprint density at radius 2 is 1.08 bits per heavy atom. The lowest BCUT2D eigenvalue weighted by molar-refractivity contribution is -0.277. The van der Waals surface area contributed by atoms with Gasteiger partial charge in [0.2, 0.25) is 18.4 Å². The minimum atomic E-state index is -2.48. The third-order valence-electron chi connectivity index (χ3n) is 10.6. The van der Waals surface area contributed by atoms with E-state index < -0.39 is 127 Å². The van der Waals surface area contributed by atoms with Gasteiger partial charge in [-0.05, 0) is 36.4 Å². The number of aliphatic hydroxyl groups is 8. The van der Waals surface area contributed by atoms with Gasteiger partial charge < -0.3 is 74.6 Å². The molecule has 9 N–H and O–H groups in total. The van der Waals surface area contributed by atoms with Gasteiger partial charge in [-0.2, -0.15) is 0 Å². The number of aliphatic hydroxyl groups excluding tert-OH is 8. The number of rotatable bonds is 8. The minimum Gasteiger partial charge on any atom is -0.462 e. The summed E-state index contributed by atoms with van der Waals surface area (Å²) in [5.74, 6) is -15.1. The van der Waals surface area contributed by atoms with Crippen LogP contribution in [0, 0.1) is 29.1 Å². The van der Waals surface area contributed by atoms with Crippen LogP contribution < -0.4 is 19.5 Å². The quantitative estimate of drug-likeness (QED) is 0.0507. The summed E-state index contributed by atoms with van der Waals surface area (Å²) < 4.78 is 105. The molecule has 17 nitrogen and oxygen atoms in total. The average molecular weight is 866 g/mol. The molecule has 4 heterocycles. The number of benzene rings is 4. The van der Waals surface area contributed by atoms with Gasteiger partial charge in [-0.1, -0.05) is 6.07 Å². The Kier molecular flexibility index (Phi) is 10.9. The zero-order chi connectivity index (χ0) is 43.8. The number of halogens is 5. The van der Waals surface area contributed by atoms with E-state index in [0.717, 1.165) is 12.1 Å². The van der Waals surface area contributed by atoms with Crippen molar-refractivity contribution in [2.45, 2.75) is 67.0 Å². The number of esters is 1. The van der Waals surface area contributed by atoms with Gasteiger partial charge in [-0.25, -0.2) is 26.7 Å². The fraction of sp³-hybridized carbons (Fsp3) is 0.333. The second-order valence-electron chi connectivity index (χ2n) is 14.3. The summed E-state index contributed by atoms with van der Waals surface area (Å²) in [4.78, 5) is 26.6. The highest BCUT2D eigenvalue weighted by molar-refractivity contribution is 6.06. The molecule has 4 aliphatic rings. The lowest BCUT2D eigenvalue weighted by Crippen LogP contribution is -2.60. The predicted octanol–water partition coefficient (Wildman–Crippen LogP) is 0.560. The van der Waals surface area contributed by atoms with Crippen LogP contribution >= 0.6 is 0 Å². The van der Waals surface area contributed by atoms with Crippen LogP contribution in [-0.4, -0.2) is 127 Å². The molecule has 10 atom stereocenters. The van der Waals surface area contributed by atoms with E-state index in [1.165, 1.54) is 42.5 Å². The van der Waals surface area contributed by atoms with Gasteiger partial charge in [0.15, 0.2) is 28.9 Å². The van der Waals surface area contributed by atoms with E-state index in [0.29, 0.717) is 0 Å². The van der Waals surface area contributed by atoms with Gasteiger partial charge in [0.1, 0.15) is 77.4 Å².